The highest BCUT2D eigenvalue weighted by Crippen LogP contribution is 2.42. The van der Waals surface area contributed by atoms with Crippen LogP contribution in [0, 0.1) is 5.82 Å². The van der Waals surface area contributed by atoms with E-state index in [1.54, 1.807) is 24.3 Å². The molecular weight excluding hydrogens is 444 g/mol. The van der Waals surface area contributed by atoms with Crippen molar-refractivity contribution in [2.45, 2.75) is 11.6 Å². The average Bonchev–Trinajstić information content (AvgIpc) is 3.15. The SMILES string of the molecule is O=C(Nc1ccc(C2SCC(=O)N2c2ccc(C(F)(F)F)cc2)cc1)c1cccc(F)c1. The molecule has 1 N–H and O–H groups in total. The normalized spacial score (nSPS) is 16.3. The van der Waals surface area contributed by atoms with Crippen LogP contribution in [0.1, 0.15) is 26.9 Å². The summed E-state index contributed by atoms with van der Waals surface area (Å²) >= 11 is 1.36. The minimum absolute atomic E-state index is 0.180. The number of hydrogen-bond acceptors (Lipinski definition) is 3. The van der Waals surface area contributed by atoms with Crippen LogP contribution in [0.2, 0.25) is 0 Å². The molecule has 1 aliphatic heterocycles. The van der Waals surface area contributed by atoms with Gasteiger partial charge in [-0.2, -0.15) is 13.2 Å². The maximum absolute atomic E-state index is 13.3. The molecule has 32 heavy (non-hydrogen) atoms. The molecule has 2 amide bonds. The number of thioether (sulfide) groups is 1. The van der Waals surface area contributed by atoms with Crippen LogP contribution in [0.4, 0.5) is 28.9 Å². The van der Waals surface area contributed by atoms with E-state index in [1.165, 1.54) is 47.0 Å². The third-order valence-corrected chi connectivity index (χ3v) is 6.09. The Morgan fingerprint density at radius 1 is 1.00 bits per heavy atom. The van der Waals surface area contributed by atoms with Gasteiger partial charge in [-0.3, -0.25) is 14.5 Å². The molecule has 1 heterocycles. The van der Waals surface area contributed by atoms with Crippen molar-refractivity contribution in [1.82, 2.24) is 0 Å². The highest BCUT2D eigenvalue weighted by Gasteiger charge is 2.35. The molecule has 1 aliphatic rings. The standard InChI is InChI=1S/C23H16F4N2O2S/c24-17-3-1-2-15(12-17)21(31)28-18-8-4-14(5-9-18)22-29(20(30)13-32-22)19-10-6-16(7-11-19)23(25,26)27/h1-12,22H,13H2,(H,28,31). The lowest BCUT2D eigenvalue weighted by molar-refractivity contribution is -0.137. The quantitative estimate of drug-likeness (QED) is 0.495. The van der Waals surface area contributed by atoms with Crippen molar-refractivity contribution < 1.29 is 27.2 Å². The van der Waals surface area contributed by atoms with Gasteiger partial charge in [0.1, 0.15) is 11.2 Å². The minimum Gasteiger partial charge on any atom is -0.322 e. The summed E-state index contributed by atoms with van der Waals surface area (Å²) in [5.74, 6) is -0.986. The number of alkyl halides is 3. The molecule has 1 unspecified atom stereocenters. The van der Waals surface area contributed by atoms with Gasteiger partial charge in [-0.05, 0) is 60.2 Å². The first-order chi connectivity index (χ1) is 15.2. The van der Waals surface area contributed by atoms with Gasteiger partial charge in [-0.15, -0.1) is 11.8 Å². The first-order valence-electron chi connectivity index (χ1n) is 9.50. The van der Waals surface area contributed by atoms with Crippen LogP contribution >= 0.6 is 11.8 Å². The molecule has 0 radical (unpaired) electrons. The van der Waals surface area contributed by atoms with E-state index >= 15 is 0 Å². The third-order valence-electron chi connectivity index (χ3n) is 4.88. The van der Waals surface area contributed by atoms with Crippen LogP contribution in [-0.2, 0) is 11.0 Å². The topological polar surface area (TPSA) is 49.4 Å². The lowest BCUT2D eigenvalue weighted by Crippen LogP contribution is -2.27. The fourth-order valence-corrected chi connectivity index (χ4v) is 4.50. The van der Waals surface area contributed by atoms with Gasteiger partial charge in [0.2, 0.25) is 5.91 Å². The summed E-state index contributed by atoms with van der Waals surface area (Å²) in [6.07, 6.45) is -4.45. The lowest BCUT2D eigenvalue weighted by atomic mass is 10.1. The lowest BCUT2D eigenvalue weighted by Gasteiger charge is -2.25. The van der Waals surface area contributed by atoms with Crippen molar-refractivity contribution >= 4 is 35.0 Å². The minimum atomic E-state index is -4.45. The Balaban J connectivity index is 1.51. The Kier molecular flexibility index (Phi) is 5.92. The number of carbonyl (C=O) groups excluding carboxylic acids is 2. The van der Waals surface area contributed by atoms with Crippen LogP contribution in [0.15, 0.2) is 72.8 Å². The molecule has 4 nitrogen and oxygen atoms in total. The summed E-state index contributed by atoms with van der Waals surface area (Å²) in [5.41, 5.74) is 1.01. The van der Waals surface area contributed by atoms with E-state index < -0.39 is 28.8 Å². The number of nitrogens with zero attached hydrogens (tertiary/aromatic N) is 1. The van der Waals surface area contributed by atoms with Crippen molar-refractivity contribution in [3.8, 4) is 0 Å². The molecule has 3 aromatic carbocycles. The number of hydrogen-bond donors (Lipinski definition) is 1. The Labute approximate surface area is 185 Å². The van der Waals surface area contributed by atoms with Gasteiger partial charge < -0.3 is 5.32 Å². The van der Waals surface area contributed by atoms with E-state index in [1.807, 2.05) is 0 Å². The van der Waals surface area contributed by atoms with E-state index in [4.69, 9.17) is 0 Å². The van der Waals surface area contributed by atoms with Gasteiger partial charge in [-0.1, -0.05) is 18.2 Å². The molecule has 0 spiro atoms. The zero-order valence-corrected chi connectivity index (χ0v) is 17.2. The summed E-state index contributed by atoms with van der Waals surface area (Å²) in [6, 6.07) is 16.6. The van der Waals surface area contributed by atoms with Crippen molar-refractivity contribution in [3.05, 3.63) is 95.3 Å². The molecule has 3 aromatic rings. The van der Waals surface area contributed by atoms with E-state index in [0.29, 0.717) is 11.4 Å². The Morgan fingerprint density at radius 2 is 1.69 bits per heavy atom. The van der Waals surface area contributed by atoms with Gasteiger partial charge in [0.15, 0.2) is 0 Å². The fourth-order valence-electron chi connectivity index (χ4n) is 3.32. The number of halogens is 4. The second-order valence-electron chi connectivity index (χ2n) is 7.06. The summed E-state index contributed by atoms with van der Waals surface area (Å²) in [5, 5.41) is 2.27. The fraction of sp³-hybridized carbons (Fsp3) is 0.130. The van der Waals surface area contributed by atoms with E-state index in [2.05, 4.69) is 5.32 Å². The number of benzene rings is 3. The molecule has 0 bridgehead atoms. The zero-order chi connectivity index (χ0) is 22.9. The first-order valence-corrected chi connectivity index (χ1v) is 10.5. The maximum Gasteiger partial charge on any atom is 0.416 e. The molecule has 0 saturated carbocycles. The number of nitrogens with one attached hydrogen (secondary N) is 1. The van der Waals surface area contributed by atoms with Crippen molar-refractivity contribution in [2.75, 3.05) is 16.0 Å². The van der Waals surface area contributed by atoms with Crippen LogP contribution in [0.25, 0.3) is 0 Å². The van der Waals surface area contributed by atoms with Crippen LogP contribution in [0.3, 0.4) is 0 Å². The highest BCUT2D eigenvalue weighted by molar-refractivity contribution is 8.00. The molecule has 0 aliphatic carbocycles. The maximum atomic E-state index is 13.3. The van der Waals surface area contributed by atoms with E-state index in [0.717, 1.165) is 23.8 Å². The molecule has 1 saturated heterocycles. The van der Waals surface area contributed by atoms with Gasteiger partial charge in [0, 0.05) is 16.9 Å². The summed E-state index contributed by atoms with van der Waals surface area (Å²) in [7, 11) is 0. The summed E-state index contributed by atoms with van der Waals surface area (Å²) in [4.78, 5) is 26.2. The summed E-state index contributed by atoms with van der Waals surface area (Å²) < 4.78 is 51.8. The van der Waals surface area contributed by atoms with Crippen LogP contribution in [-0.4, -0.2) is 17.6 Å². The predicted molar refractivity (Wildman–Crippen MR) is 115 cm³/mol. The Hall–Kier alpha value is -3.33. The largest absolute Gasteiger partial charge is 0.416 e. The third kappa shape index (κ3) is 4.62. The smallest absolute Gasteiger partial charge is 0.322 e. The number of amides is 2. The Bertz CT molecular complexity index is 1150. The summed E-state index contributed by atoms with van der Waals surface area (Å²) in [6.45, 7) is 0. The Morgan fingerprint density at radius 3 is 2.31 bits per heavy atom. The average molecular weight is 460 g/mol. The number of rotatable bonds is 4. The molecule has 4 rings (SSSR count). The predicted octanol–water partition coefficient (Wildman–Crippen LogP) is 5.88. The monoisotopic (exact) mass is 460 g/mol. The van der Waals surface area contributed by atoms with Crippen LogP contribution in [0.5, 0.6) is 0 Å². The molecule has 9 heteroatoms. The van der Waals surface area contributed by atoms with Gasteiger partial charge in [-0.25, -0.2) is 4.39 Å². The zero-order valence-electron chi connectivity index (χ0n) is 16.4. The number of carbonyl (C=O) groups is 2. The van der Waals surface area contributed by atoms with Gasteiger partial charge in [0.05, 0.1) is 11.3 Å². The van der Waals surface area contributed by atoms with Gasteiger partial charge in [0.25, 0.3) is 5.91 Å². The van der Waals surface area contributed by atoms with Gasteiger partial charge >= 0.3 is 6.18 Å². The van der Waals surface area contributed by atoms with Crippen LogP contribution < -0.4 is 10.2 Å². The van der Waals surface area contributed by atoms with E-state index in [-0.39, 0.29) is 17.2 Å². The molecule has 0 aromatic heterocycles. The molecule has 1 fully saturated rings. The van der Waals surface area contributed by atoms with E-state index in [9.17, 15) is 27.2 Å². The number of anilines is 2. The highest BCUT2D eigenvalue weighted by atomic mass is 32.2. The molecular formula is C23H16F4N2O2S. The van der Waals surface area contributed by atoms with Crippen molar-refractivity contribution in [2.24, 2.45) is 0 Å². The van der Waals surface area contributed by atoms with Crippen molar-refractivity contribution in [3.63, 3.8) is 0 Å². The second-order valence-corrected chi connectivity index (χ2v) is 8.13. The molecule has 1 atom stereocenters. The second kappa shape index (κ2) is 8.66. The first kappa shape index (κ1) is 21.9. The van der Waals surface area contributed by atoms with Crippen molar-refractivity contribution in [1.29, 1.82) is 0 Å². The molecule has 164 valence electrons.